The summed E-state index contributed by atoms with van der Waals surface area (Å²) in [7, 11) is 0. The van der Waals surface area contributed by atoms with Gasteiger partial charge in [-0.1, -0.05) is 107 Å². The van der Waals surface area contributed by atoms with Crippen LogP contribution in [0.3, 0.4) is 0 Å². The third-order valence-corrected chi connectivity index (χ3v) is 9.64. The first-order valence-electron chi connectivity index (χ1n) is 16.3. The molecule has 0 saturated heterocycles. The maximum atomic E-state index is 4.74. The molecule has 3 heterocycles. The molecule has 0 unspecified atom stereocenters. The summed E-state index contributed by atoms with van der Waals surface area (Å²) in [6.45, 7) is 11.5. The van der Waals surface area contributed by atoms with E-state index >= 15 is 0 Å². The molecule has 8 aromatic rings. The highest BCUT2D eigenvalue weighted by atomic mass is 15.0. The van der Waals surface area contributed by atoms with Gasteiger partial charge in [0.25, 0.3) is 0 Å². The molecule has 8 rings (SSSR count). The molecule has 0 bridgehead atoms. The third-order valence-electron chi connectivity index (χ3n) is 9.64. The van der Waals surface area contributed by atoms with Gasteiger partial charge in [-0.2, -0.15) is 0 Å². The maximum Gasteiger partial charge on any atom is 0.0543 e. The molecule has 0 saturated carbocycles. The van der Waals surface area contributed by atoms with E-state index in [-0.39, 0.29) is 10.8 Å². The van der Waals surface area contributed by atoms with Crippen LogP contribution in [0, 0.1) is 0 Å². The van der Waals surface area contributed by atoms with E-state index in [0.29, 0.717) is 0 Å². The van der Waals surface area contributed by atoms with E-state index < -0.39 is 0 Å². The first-order chi connectivity index (χ1) is 22.2. The average molecular weight is 598 g/mol. The first kappa shape index (κ1) is 28.3. The van der Waals surface area contributed by atoms with Gasteiger partial charge in [0, 0.05) is 50.2 Å². The fourth-order valence-electron chi connectivity index (χ4n) is 7.34. The summed E-state index contributed by atoms with van der Waals surface area (Å²) >= 11 is 0. The lowest BCUT2D eigenvalue weighted by molar-refractivity contribution is 0.507. The molecule has 0 aliphatic rings. The number of benzene rings is 5. The molecule has 0 fully saturated rings. The van der Waals surface area contributed by atoms with Crippen molar-refractivity contribution in [3.8, 4) is 11.4 Å². The Kier molecular flexibility index (Phi) is 6.44. The molecule has 0 atom stereocenters. The minimum absolute atomic E-state index is 0.0415. The number of hydrogen-bond acceptors (Lipinski definition) is 1. The quantitative estimate of drug-likeness (QED) is 0.193. The van der Waals surface area contributed by atoms with Gasteiger partial charge in [0.2, 0.25) is 0 Å². The van der Waals surface area contributed by atoms with Crippen molar-refractivity contribution in [2.24, 2.45) is 0 Å². The molecule has 3 nitrogen and oxygen atoms in total. The summed E-state index contributed by atoms with van der Waals surface area (Å²) in [6.07, 6.45) is 2.80. The number of nitrogens with zero attached hydrogens (tertiary/aromatic N) is 3. The summed E-state index contributed by atoms with van der Waals surface area (Å²) < 4.78 is 4.92. The van der Waals surface area contributed by atoms with Crippen molar-refractivity contribution in [2.45, 2.75) is 51.9 Å². The van der Waals surface area contributed by atoms with E-state index in [1.165, 1.54) is 66.1 Å². The summed E-state index contributed by atoms with van der Waals surface area (Å²) in [4.78, 5) is 4.74. The van der Waals surface area contributed by atoms with Crippen LogP contribution < -0.4 is 0 Å². The van der Waals surface area contributed by atoms with Gasteiger partial charge in [0.05, 0.1) is 22.1 Å². The molecule has 0 aliphatic heterocycles. The number of rotatable bonds is 5. The Bertz CT molecular complexity index is 2340. The Hall–Kier alpha value is -5.15. The highest BCUT2D eigenvalue weighted by Crippen LogP contribution is 2.40. The number of fused-ring (bicyclic) bond motifs is 6. The van der Waals surface area contributed by atoms with Crippen LogP contribution in [0.15, 0.2) is 134 Å². The van der Waals surface area contributed by atoms with Gasteiger partial charge in [-0.3, -0.25) is 4.98 Å². The molecule has 0 radical (unpaired) electrons. The predicted octanol–water partition coefficient (Wildman–Crippen LogP) is 11.1. The van der Waals surface area contributed by atoms with Crippen molar-refractivity contribution in [3.63, 3.8) is 0 Å². The van der Waals surface area contributed by atoms with Gasteiger partial charge < -0.3 is 9.13 Å². The Morgan fingerprint density at radius 3 is 1.63 bits per heavy atom. The molecule has 0 aliphatic carbocycles. The zero-order chi connectivity index (χ0) is 31.6. The molecule has 0 amide bonds. The van der Waals surface area contributed by atoms with Gasteiger partial charge in [-0.25, -0.2) is 0 Å². The smallest absolute Gasteiger partial charge is 0.0543 e. The van der Waals surface area contributed by atoms with Gasteiger partial charge in [-0.15, -0.1) is 0 Å². The summed E-state index contributed by atoms with van der Waals surface area (Å²) in [5.74, 6) is 0. The van der Waals surface area contributed by atoms with E-state index in [1.54, 1.807) is 0 Å². The van der Waals surface area contributed by atoms with Crippen molar-refractivity contribution in [1.29, 1.82) is 0 Å². The van der Waals surface area contributed by atoms with Crippen LogP contribution in [0.2, 0.25) is 0 Å². The average Bonchev–Trinajstić information content (AvgIpc) is 3.58. The highest BCUT2D eigenvalue weighted by Gasteiger charge is 2.26. The van der Waals surface area contributed by atoms with E-state index in [2.05, 4.69) is 165 Å². The number of pyridine rings is 1. The molecule has 5 aromatic carbocycles. The van der Waals surface area contributed by atoms with Crippen LogP contribution in [-0.4, -0.2) is 14.1 Å². The van der Waals surface area contributed by atoms with Gasteiger partial charge in [0.1, 0.15) is 0 Å². The molecule has 3 heteroatoms. The zero-order valence-electron chi connectivity index (χ0n) is 27.3. The summed E-state index contributed by atoms with van der Waals surface area (Å²) in [5, 5.41) is 5.15. The fraction of sp³-hybridized carbons (Fsp3) is 0.186. The minimum Gasteiger partial charge on any atom is -0.309 e. The molecular weight excluding hydrogens is 558 g/mol. The lowest BCUT2D eigenvalue weighted by Crippen LogP contribution is -2.22. The second-order valence-electron chi connectivity index (χ2n) is 14.3. The van der Waals surface area contributed by atoms with Crippen molar-refractivity contribution in [2.75, 3.05) is 0 Å². The summed E-state index contributed by atoms with van der Waals surface area (Å²) in [5.41, 5.74) is 10.9. The van der Waals surface area contributed by atoms with Crippen LogP contribution in [-0.2, 0) is 17.3 Å². The second kappa shape index (κ2) is 10.5. The van der Waals surface area contributed by atoms with Gasteiger partial charge in [0.15, 0.2) is 0 Å². The van der Waals surface area contributed by atoms with Crippen LogP contribution >= 0.6 is 0 Å². The molecular formula is C43H39N3. The Balaban J connectivity index is 1.41. The Morgan fingerprint density at radius 2 is 1.04 bits per heavy atom. The highest BCUT2D eigenvalue weighted by molar-refractivity contribution is 6.11. The largest absolute Gasteiger partial charge is 0.309 e. The monoisotopic (exact) mass is 597 g/mol. The zero-order valence-corrected chi connectivity index (χ0v) is 27.3. The third kappa shape index (κ3) is 4.53. The molecule has 0 spiro atoms. The SMILES string of the molecule is CC(C)(C)c1cc(-n2c3ccccc3c3ccccc32)cc(-n2c3ccccc3c3c(CC(C)(C)c4ccccn4)cccc32)c1. The summed E-state index contributed by atoms with van der Waals surface area (Å²) in [6, 6.07) is 46.6. The topological polar surface area (TPSA) is 22.8 Å². The standard InChI is InChI=1S/C43H39N3/c1-42(2,3)30-25-31(45-36-19-9-6-16-33(36)34-17-7-10-20-37(34)45)27-32(26-30)46-38-21-11-8-18-35(38)41-29(15-14-22-39(41)46)28-43(4,5)40-23-12-13-24-44-40/h6-27H,28H2,1-5H3. The number of hydrogen-bond donors (Lipinski definition) is 0. The van der Waals surface area contributed by atoms with E-state index in [9.17, 15) is 0 Å². The normalized spacial score (nSPS) is 12.5. The van der Waals surface area contributed by atoms with Gasteiger partial charge in [-0.05, 0) is 77.6 Å². The van der Waals surface area contributed by atoms with Crippen molar-refractivity contribution in [3.05, 3.63) is 150 Å². The molecule has 46 heavy (non-hydrogen) atoms. The van der Waals surface area contributed by atoms with Crippen LogP contribution in [0.25, 0.3) is 55.0 Å². The maximum absolute atomic E-state index is 4.74. The predicted molar refractivity (Wildman–Crippen MR) is 195 cm³/mol. The van der Waals surface area contributed by atoms with E-state index in [4.69, 9.17) is 4.98 Å². The van der Waals surface area contributed by atoms with E-state index in [0.717, 1.165) is 12.1 Å². The minimum atomic E-state index is -0.116. The van der Waals surface area contributed by atoms with Crippen LogP contribution in [0.1, 0.15) is 51.4 Å². The molecule has 226 valence electrons. The first-order valence-corrected chi connectivity index (χ1v) is 16.3. The fourth-order valence-corrected chi connectivity index (χ4v) is 7.34. The Labute approximate surface area is 270 Å². The lowest BCUT2D eigenvalue weighted by Gasteiger charge is -2.25. The Morgan fingerprint density at radius 1 is 0.522 bits per heavy atom. The van der Waals surface area contributed by atoms with Gasteiger partial charge >= 0.3 is 0 Å². The van der Waals surface area contributed by atoms with E-state index in [1.807, 2.05) is 12.3 Å². The van der Waals surface area contributed by atoms with Crippen molar-refractivity contribution >= 4 is 43.6 Å². The van der Waals surface area contributed by atoms with Crippen LogP contribution in [0.4, 0.5) is 0 Å². The lowest BCUT2D eigenvalue weighted by atomic mass is 9.81. The number of para-hydroxylation sites is 3. The van der Waals surface area contributed by atoms with Crippen molar-refractivity contribution < 1.29 is 0 Å². The number of aromatic nitrogens is 3. The molecule has 0 N–H and O–H groups in total. The second-order valence-corrected chi connectivity index (χ2v) is 14.3. The van der Waals surface area contributed by atoms with Crippen molar-refractivity contribution in [1.82, 2.24) is 14.1 Å². The molecule has 3 aromatic heterocycles. The van der Waals surface area contributed by atoms with Crippen LogP contribution in [0.5, 0.6) is 0 Å².